The molecule has 0 bridgehead atoms. The summed E-state index contributed by atoms with van der Waals surface area (Å²) in [4.78, 5) is 28.0. The zero-order chi connectivity index (χ0) is 16.9. The molecule has 5 nitrogen and oxygen atoms in total. The standard InChI is InChI=1S/C18H27N3O2/c1-18(2,3)19-17(23)21-13-11-20(12-14-21)16(22)10-9-15-7-5-4-6-8-15/h4-8H,9-14H2,1-3H3,(H,19,23). The number of carbonyl (C=O) groups is 2. The third-order valence-corrected chi connectivity index (χ3v) is 3.87. The number of benzene rings is 1. The fourth-order valence-corrected chi connectivity index (χ4v) is 2.61. The van der Waals surface area contributed by atoms with Crippen molar-refractivity contribution >= 4 is 11.9 Å². The molecule has 0 atom stereocenters. The first-order valence-corrected chi connectivity index (χ1v) is 8.24. The second kappa shape index (κ2) is 7.49. The van der Waals surface area contributed by atoms with Crippen molar-refractivity contribution in [3.05, 3.63) is 35.9 Å². The molecule has 1 heterocycles. The van der Waals surface area contributed by atoms with Gasteiger partial charge in [0, 0.05) is 38.1 Å². The molecule has 0 spiro atoms. The second-order valence-corrected chi connectivity index (χ2v) is 7.03. The molecule has 1 aromatic carbocycles. The van der Waals surface area contributed by atoms with E-state index in [9.17, 15) is 9.59 Å². The summed E-state index contributed by atoms with van der Waals surface area (Å²) in [7, 11) is 0. The van der Waals surface area contributed by atoms with E-state index in [1.165, 1.54) is 5.56 Å². The molecule has 1 aromatic rings. The molecule has 1 saturated heterocycles. The lowest BCUT2D eigenvalue weighted by Crippen LogP contribution is -2.56. The number of aryl methyl sites for hydroxylation is 1. The molecule has 23 heavy (non-hydrogen) atoms. The van der Waals surface area contributed by atoms with Gasteiger partial charge in [-0.15, -0.1) is 0 Å². The Balaban J connectivity index is 1.75. The summed E-state index contributed by atoms with van der Waals surface area (Å²) in [6.45, 7) is 8.32. The van der Waals surface area contributed by atoms with Gasteiger partial charge in [-0.2, -0.15) is 0 Å². The number of hydrogen-bond donors (Lipinski definition) is 1. The number of amides is 3. The lowest BCUT2D eigenvalue weighted by Gasteiger charge is -2.36. The first-order chi connectivity index (χ1) is 10.8. The highest BCUT2D eigenvalue weighted by atomic mass is 16.2. The van der Waals surface area contributed by atoms with Crippen LogP contribution in [0.25, 0.3) is 0 Å². The van der Waals surface area contributed by atoms with Gasteiger partial charge in [-0.3, -0.25) is 4.79 Å². The third-order valence-electron chi connectivity index (χ3n) is 3.87. The molecular formula is C18H27N3O2. The largest absolute Gasteiger partial charge is 0.339 e. The van der Waals surface area contributed by atoms with E-state index in [1.807, 2.05) is 56.0 Å². The maximum Gasteiger partial charge on any atom is 0.317 e. The van der Waals surface area contributed by atoms with Crippen LogP contribution in [0.4, 0.5) is 4.79 Å². The number of urea groups is 1. The van der Waals surface area contributed by atoms with Crippen LogP contribution in [-0.4, -0.2) is 53.5 Å². The summed E-state index contributed by atoms with van der Waals surface area (Å²) in [5.41, 5.74) is 0.948. The average molecular weight is 317 g/mol. The van der Waals surface area contributed by atoms with E-state index >= 15 is 0 Å². The highest BCUT2D eigenvalue weighted by Crippen LogP contribution is 2.09. The van der Waals surface area contributed by atoms with Crippen molar-refractivity contribution in [1.82, 2.24) is 15.1 Å². The molecule has 2 rings (SSSR count). The van der Waals surface area contributed by atoms with Crippen molar-refractivity contribution in [3.63, 3.8) is 0 Å². The number of carbonyl (C=O) groups excluding carboxylic acids is 2. The molecule has 0 aliphatic carbocycles. The molecular weight excluding hydrogens is 290 g/mol. The van der Waals surface area contributed by atoms with Crippen molar-refractivity contribution in [3.8, 4) is 0 Å². The van der Waals surface area contributed by atoms with E-state index in [0.717, 1.165) is 6.42 Å². The zero-order valence-electron chi connectivity index (χ0n) is 14.3. The summed E-state index contributed by atoms with van der Waals surface area (Å²) in [6, 6.07) is 10.0. The van der Waals surface area contributed by atoms with Crippen LogP contribution in [0.2, 0.25) is 0 Å². The molecule has 1 N–H and O–H groups in total. The Labute approximate surface area is 138 Å². The average Bonchev–Trinajstić information content (AvgIpc) is 2.52. The smallest absolute Gasteiger partial charge is 0.317 e. The van der Waals surface area contributed by atoms with Gasteiger partial charge in [0.05, 0.1) is 0 Å². The normalized spacial score (nSPS) is 15.4. The summed E-state index contributed by atoms with van der Waals surface area (Å²) in [5, 5.41) is 2.96. The number of nitrogens with zero attached hydrogens (tertiary/aromatic N) is 2. The Kier molecular flexibility index (Phi) is 5.64. The highest BCUT2D eigenvalue weighted by molar-refractivity contribution is 5.78. The van der Waals surface area contributed by atoms with E-state index in [0.29, 0.717) is 32.6 Å². The molecule has 0 radical (unpaired) electrons. The van der Waals surface area contributed by atoms with Crippen molar-refractivity contribution < 1.29 is 9.59 Å². The summed E-state index contributed by atoms with van der Waals surface area (Å²) in [6.07, 6.45) is 1.29. The van der Waals surface area contributed by atoms with Gasteiger partial charge < -0.3 is 15.1 Å². The minimum atomic E-state index is -0.236. The zero-order valence-corrected chi connectivity index (χ0v) is 14.3. The van der Waals surface area contributed by atoms with Gasteiger partial charge in [0.25, 0.3) is 0 Å². The molecule has 3 amide bonds. The van der Waals surface area contributed by atoms with Crippen LogP contribution in [0, 0.1) is 0 Å². The van der Waals surface area contributed by atoms with Gasteiger partial charge in [0.2, 0.25) is 5.91 Å². The van der Waals surface area contributed by atoms with Crippen molar-refractivity contribution in [2.45, 2.75) is 39.2 Å². The molecule has 1 aliphatic heterocycles. The SMILES string of the molecule is CC(C)(C)NC(=O)N1CCN(C(=O)CCc2ccccc2)CC1. The number of nitrogens with one attached hydrogen (secondary N) is 1. The molecule has 0 aromatic heterocycles. The molecule has 0 saturated carbocycles. The Hall–Kier alpha value is -2.04. The Morgan fingerprint density at radius 3 is 2.13 bits per heavy atom. The van der Waals surface area contributed by atoms with E-state index < -0.39 is 0 Å². The fourth-order valence-electron chi connectivity index (χ4n) is 2.61. The van der Waals surface area contributed by atoms with Crippen LogP contribution in [0.1, 0.15) is 32.8 Å². The Bertz CT molecular complexity index is 529. The molecule has 126 valence electrons. The van der Waals surface area contributed by atoms with Gasteiger partial charge in [-0.05, 0) is 32.8 Å². The number of rotatable bonds is 3. The van der Waals surface area contributed by atoms with E-state index in [-0.39, 0.29) is 17.5 Å². The van der Waals surface area contributed by atoms with Gasteiger partial charge in [-0.25, -0.2) is 4.79 Å². The summed E-state index contributed by atoms with van der Waals surface area (Å²) >= 11 is 0. The Morgan fingerprint density at radius 2 is 1.57 bits per heavy atom. The second-order valence-electron chi connectivity index (χ2n) is 7.03. The molecule has 5 heteroatoms. The van der Waals surface area contributed by atoms with Crippen LogP contribution in [0.15, 0.2) is 30.3 Å². The first-order valence-electron chi connectivity index (χ1n) is 8.24. The van der Waals surface area contributed by atoms with Crippen LogP contribution in [0.3, 0.4) is 0 Å². The van der Waals surface area contributed by atoms with Crippen molar-refractivity contribution in [2.24, 2.45) is 0 Å². The van der Waals surface area contributed by atoms with Crippen LogP contribution in [-0.2, 0) is 11.2 Å². The van der Waals surface area contributed by atoms with Gasteiger partial charge >= 0.3 is 6.03 Å². The maximum atomic E-state index is 12.3. The fraction of sp³-hybridized carbons (Fsp3) is 0.556. The van der Waals surface area contributed by atoms with E-state index in [2.05, 4.69) is 5.32 Å². The highest BCUT2D eigenvalue weighted by Gasteiger charge is 2.25. The van der Waals surface area contributed by atoms with Gasteiger partial charge in [-0.1, -0.05) is 30.3 Å². The third kappa shape index (κ3) is 5.58. The van der Waals surface area contributed by atoms with Crippen LogP contribution < -0.4 is 5.32 Å². The lowest BCUT2D eigenvalue weighted by molar-refractivity contribution is -0.132. The molecule has 0 unspecified atom stereocenters. The molecule has 1 aliphatic rings. The minimum absolute atomic E-state index is 0.0473. The predicted octanol–water partition coefficient (Wildman–Crippen LogP) is 2.27. The van der Waals surface area contributed by atoms with Crippen molar-refractivity contribution in [2.75, 3.05) is 26.2 Å². The maximum absolute atomic E-state index is 12.3. The van der Waals surface area contributed by atoms with E-state index in [1.54, 1.807) is 4.90 Å². The topological polar surface area (TPSA) is 52.7 Å². The van der Waals surface area contributed by atoms with E-state index in [4.69, 9.17) is 0 Å². The molecule has 1 fully saturated rings. The summed E-state index contributed by atoms with van der Waals surface area (Å²) < 4.78 is 0. The summed E-state index contributed by atoms with van der Waals surface area (Å²) in [5.74, 6) is 0.171. The monoisotopic (exact) mass is 317 g/mol. The minimum Gasteiger partial charge on any atom is -0.339 e. The predicted molar refractivity (Wildman–Crippen MR) is 91.2 cm³/mol. The Morgan fingerprint density at radius 1 is 1.00 bits per heavy atom. The quantitative estimate of drug-likeness (QED) is 0.930. The lowest BCUT2D eigenvalue weighted by atomic mass is 10.1. The number of hydrogen-bond acceptors (Lipinski definition) is 2. The van der Waals surface area contributed by atoms with Gasteiger partial charge in [0.1, 0.15) is 0 Å². The van der Waals surface area contributed by atoms with Crippen LogP contribution in [0.5, 0.6) is 0 Å². The first kappa shape index (κ1) is 17.3. The van der Waals surface area contributed by atoms with Gasteiger partial charge in [0.15, 0.2) is 0 Å². The number of piperazine rings is 1. The van der Waals surface area contributed by atoms with Crippen molar-refractivity contribution in [1.29, 1.82) is 0 Å². The van der Waals surface area contributed by atoms with Crippen LogP contribution >= 0.6 is 0 Å².